The topological polar surface area (TPSA) is 69.6 Å². The van der Waals surface area contributed by atoms with Gasteiger partial charge in [-0.05, 0) is 6.42 Å². The predicted octanol–water partition coefficient (Wildman–Crippen LogP) is 0.0427. The average Bonchev–Trinajstić information content (AvgIpc) is 2.09. The number of carboxylic acid groups (broad SMARTS) is 1. The monoisotopic (exact) mass is 200 g/mol. The van der Waals surface area contributed by atoms with Crippen molar-refractivity contribution in [3.63, 3.8) is 0 Å². The van der Waals surface area contributed by atoms with Gasteiger partial charge < -0.3 is 15.3 Å². The molecule has 0 aliphatic carbocycles. The molecule has 0 aliphatic rings. The molecular formula is C9H16N2O3. The minimum Gasteiger partial charge on any atom is -0.477 e. The molecule has 0 saturated heterocycles. The Labute approximate surface area is 83.4 Å². The lowest BCUT2D eigenvalue weighted by Crippen LogP contribution is -2.30. The fourth-order valence-electron chi connectivity index (χ4n) is 0.803. The third-order valence-electron chi connectivity index (χ3n) is 1.40. The summed E-state index contributed by atoms with van der Waals surface area (Å²) < 4.78 is 0. The third-order valence-corrected chi connectivity index (χ3v) is 1.40. The van der Waals surface area contributed by atoms with E-state index in [9.17, 15) is 9.59 Å². The van der Waals surface area contributed by atoms with Gasteiger partial charge in [0, 0.05) is 26.8 Å². The van der Waals surface area contributed by atoms with Crippen molar-refractivity contribution in [1.82, 2.24) is 10.2 Å². The van der Waals surface area contributed by atoms with Crippen LogP contribution in [0.1, 0.15) is 13.3 Å². The van der Waals surface area contributed by atoms with Crippen molar-refractivity contribution < 1.29 is 14.7 Å². The van der Waals surface area contributed by atoms with Gasteiger partial charge in [-0.3, -0.25) is 4.79 Å². The second-order valence-electron chi connectivity index (χ2n) is 3.07. The Bertz CT molecular complexity index is 246. The molecule has 0 aromatic carbocycles. The molecule has 0 atom stereocenters. The SMILES string of the molecule is CCCNC(=O)C(=CN(C)C)C(=O)O. The third kappa shape index (κ3) is 4.49. The van der Waals surface area contributed by atoms with Gasteiger partial charge in [-0.1, -0.05) is 6.92 Å². The summed E-state index contributed by atoms with van der Waals surface area (Å²) in [5, 5.41) is 11.2. The lowest BCUT2D eigenvalue weighted by molar-refractivity contribution is -0.135. The van der Waals surface area contributed by atoms with Crippen molar-refractivity contribution >= 4 is 11.9 Å². The molecule has 2 N–H and O–H groups in total. The molecule has 0 spiro atoms. The Morgan fingerprint density at radius 3 is 2.36 bits per heavy atom. The van der Waals surface area contributed by atoms with Gasteiger partial charge in [0.05, 0.1) is 0 Å². The first-order chi connectivity index (χ1) is 6.49. The molecule has 5 heteroatoms. The van der Waals surface area contributed by atoms with Crippen molar-refractivity contribution in [3.05, 3.63) is 11.8 Å². The van der Waals surface area contributed by atoms with Crippen LogP contribution in [0.4, 0.5) is 0 Å². The number of nitrogens with zero attached hydrogens (tertiary/aromatic N) is 1. The minimum absolute atomic E-state index is 0.247. The molecule has 0 fully saturated rings. The smallest absolute Gasteiger partial charge is 0.342 e. The van der Waals surface area contributed by atoms with Gasteiger partial charge in [0.25, 0.3) is 5.91 Å². The first-order valence-electron chi connectivity index (χ1n) is 4.38. The van der Waals surface area contributed by atoms with E-state index in [1.807, 2.05) is 6.92 Å². The van der Waals surface area contributed by atoms with Crippen molar-refractivity contribution in [2.24, 2.45) is 0 Å². The van der Waals surface area contributed by atoms with Crippen LogP contribution < -0.4 is 5.32 Å². The Balaban J connectivity index is 4.51. The van der Waals surface area contributed by atoms with Gasteiger partial charge in [-0.25, -0.2) is 4.79 Å². The van der Waals surface area contributed by atoms with E-state index >= 15 is 0 Å². The molecule has 0 unspecified atom stereocenters. The number of amides is 1. The summed E-state index contributed by atoms with van der Waals surface area (Å²) in [5.41, 5.74) is -0.247. The molecule has 5 nitrogen and oxygen atoms in total. The van der Waals surface area contributed by atoms with Crippen LogP contribution in [0.5, 0.6) is 0 Å². The fraction of sp³-hybridized carbons (Fsp3) is 0.556. The normalized spacial score (nSPS) is 10.9. The Morgan fingerprint density at radius 1 is 1.43 bits per heavy atom. The van der Waals surface area contributed by atoms with Crippen molar-refractivity contribution in [3.8, 4) is 0 Å². The fourth-order valence-corrected chi connectivity index (χ4v) is 0.803. The highest BCUT2D eigenvalue weighted by molar-refractivity contribution is 6.15. The van der Waals surface area contributed by atoms with E-state index in [4.69, 9.17) is 5.11 Å². The van der Waals surface area contributed by atoms with Gasteiger partial charge in [-0.2, -0.15) is 0 Å². The molecule has 1 amide bonds. The lowest BCUT2D eigenvalue weighted by Gasteiger charge is -2.08. The number of nitrogens with one attached hydrogen (secondary N) is 1. The van der Waals surface area contributed by atoms with Crippen LogP contribution in [-0.4, -0.2) is 42.5 Å². The second kappa shape index (κ2) is 6.01. The first-order valence-corrected chi connectivity index (χ1v) is 4.38. The molecule has 0 bridgehead atoms. The molecule has 0 aromatic heterocycles. The molecule has 0 aromatic rings. The van der Waals surface area contributed by atoms with Crippen molar-refractivity contribution in [1.29, 1.82) is 0 Å². The summed E-state index contributed by atoms with van der Waals surface area (Å²) in [6.07, 6.45) is 2.06. The van der Waals surface area contributed by atoms with Crippen LogP contribution >= 0.6 is 0 Å². The summed E-state index contributed by atoms with van der Waals surface area (Å²) in [4.78, 5) is 23.5. The highest BCUT2D eigenvalue weighted by atomic mass is 16.4. The van der Waals surface area contributed by atoms with Gasteiger partial charge >= 0.3 is 5.97 Å². The van der Waals surface area contributed by atoms with Gasteiger partial charge in [-0.15, -0.1) is 0 Å². The highest BCUT2D eigenvalue weighted by Gasteiger charge is 2.16. The summed E-state index contributed by atoms with van der Waals surface area (Å²) in [5.74, 6) is -1.76. The predicted molar refractivity (Wildman–Crippen MR) is 52.7 cm³/mol. The van der Waals surface area contributed by atoms with E-state index in [1.54, 1.807) is 14.1 Å². The molecule has 14 heavy (non-hydrogen) atoms. The zero-order chi connectivity index (χ0) is 11.1. The maximum Gasteiger partial charge on any atom is 0.342 e. The zero-order valence-corrected chi connectivity index (χ0v) is 8.70. The van der Waals surface area contributed by atoms with E-state index in [-0.39, 0.29) is 5.57 Å². The van der Waals surface area contributed by atoms with Crippen LogP contribution in [0.25, 0.3) is 0 Å². The average molecular weight is 200 g/mol. The van der Waals surface area contributed by atoms with E-state index < -0.39 is 11.9 Å². The first kappa shape index (κ1) is 12.5. The van der Waals surface area contributed by atoms with Gasteiger partial charge in [0.15, 0.2) is 0 Å². The van der Waals surface area contributed by atoms with Crippen LogP contribution in [0, 0.1) is 0 Å². The molecule has 0 saturated carbocycles. The lowest BCUT2D eigenvalue weighted by atomic mass is 10.2. The number of aliphatic carboxylic acids is 1. The quantitative estimate of drug-likeness (QED) is 0.373. The van der Waals surface area contributed by atoms with E-state index in [0.29, 0.717) is 6.54 Å². The van der Waals surface area contributed by atoms with Gasteiger partial charge in [0.1, 0.15) is 5.57 Å². The van der Waals surface area contributed by atoms with E-state index in [2.05, 4.69) is 5.32 Å². The van der Waals surface area contributed by atoms with Crippen LogP contribution in [0.2, 0.25) is 0 Å². The summed E-state index contributed by atoms with van der Waals surface area (Å²) in [6, 6.07) is 0. The van der Waals surface area contributed by atoms with Crippen LogP contribution in [-0.2, 0) is 9.59 Å². The van der Waals surface area contributed by atoms with Crippen molar-refractivity contribution in [2.45, 2.75) is 13.3 Å². The van der Waals surface area contributed by atoms with E-state index in [0.717, 1.165) is 6.42 Å². The van der Waals surface area contributed by atoms with E-state index in [1.165, 1.54) is 11.1 Å². The molecule has 0 aliphatic heterocycles. The summed E-state index contributed by atoms with van der Waals surface area (Å²) in [6.45, 7) is 2.38. The largest absolute Gasteiger partial charge is 0.477 e. The number of carboxylic acids is 1. The Morgan fingerprint density at radius 2 is 2.00 bits per heavy atom. The Hall–Kier alpha value is -1.52. The molecule has 0 heterocycles. The Kier molecular flexibility index (Phi) is 5.36. The number of carbonyl (C=O) groups is 2. The molecule has 80 valence electrons. The van der Waals surface area contributed by atoms with Crippen molar-refractivity contribution in [2.75, 3.05) is 20.6 Å². The molecule has 0 rings (SSSR count). The number of carbonyl (C=O) groups excluding carboxylic acids is 1. The maximum atomic E-state index is 11.3. The minimum atomic E-state index is -1.22. The highest BCUT2D eigenvalue weighted by Crippen LogP contribution is 1.96. The summed E-state index contributed by atoms with van der Waals surface area (Å²) in [7, 11) is 3.33. The maximum absolute atomic E-state index is 11.3. The zero-order valence-electron chi connectivity index (χ0n) is 8.70. The standard InChI is InChI=1S/C9H16N2O3/c1-4-5-10-8(12)7(9(13)14)6-11(2)3/h6H,4-5H2,1-3H3,(H,10,12)(H,13,14). The molecular weight excluding hydrogens is 184 g/mol. The number of hydrogen-bond acceptors (Lipinski definition) is 3. The summed E-state index contributed by atoms with van der Waals surface area (Å²) >= 11 is 0. The van der Waals surface area contributed by atoms with Crippen LogP contribution in [0.15, 0.2) is 11.8 Å². The second-order valence-corrected chi connectivity index (χ2v) is 3.07. The molecule has 0 radical (unpaired) electrons. The van der Waals surface area contributed by atoms with Crippen LogP contribution in [0.3, 0.4) is 0 Å². The van der Waals surface area contributed by atoms with Gasteiger partial charge in [0.2, 0.25) is 0 Å². The number of hydrogen-bond donors (Lipinski definition) is 2. The number of rotatable bonds is 5.